The van der Waals surface area contributed by atoms with E-state index in [1.54, 1.807) is 38.4 Å². The minimum atomic E-state index is -3.42. The van der Waals surface area contributed by atoms with Crippen LogP contribution in [0.3, 0.4) is 0 Å². The van der Waals surface area contributed by atoms with Crippen molar-refractivity contribution in [3.63, 3.8) is 0 Å². The lowest BCUT2D eigenvalue weighted by Gasteiger charge is -2.15. The van der Waals surface area contributed by atoms with Crippen LogP contribution in [-0.4, -0.2) is 34.1 Å². The van der Waals surface area contributed by atoms with Crippen LogP contribution in [0.5, 0.6) is 5.75 Å². The van der Waals surface area contributed by atoms with Crippen molar-refractivity contribution in [2.24, 2.45) is 13.0 Å². The van der Waals surface area contributed by atoms with Crippen molar-refractivity contribution in [2.75, 3.05) is 12.4 Å². The van der Waals surface area contributed by atoms with E-state index in [0.29, 0.717) is 29.4 Å². The number of nitrogens with one attached hydrogen (secondary N) is 1. The van der Waals surface area contributed by atoms with Crippen LogP contribution in [0, 0.1) is 5.92 Å². The molecular formula is C19H24N2O6S2. The SMILES string of the molecule is CCS(=O)(=O)c1ccc(OCC2CC2)c(-c2cc(CNS(=O)O)c(=O)n(C)c2)c1. The molecule has 1 aliphatic rings. The monoisotopic (exact) mass is 440 g/mol. The van der Waals surface area contributed by atoms with Crippen LogP contribution in [0.1, 0.15) is 25.3 Å². The Morgan fingerprint density at radius 3 is 2.66 bits per heavy atom. The van der Waals surface area contributed by atoms with Gasteiger partial charge in [0.05, 0.1) is 17.3 Å². The topological polar surface area (TPSA) is 115 Å². The molecule has 1 aromatic carbocycles. The number of aryl methyl sites for hydroxylation is 1. The average Bonchev–Trinajstić information content (AvgIpc) is 3.51. The lowest BCUT2D eigenvalue weighted by molar-refractivity contribution is 0.301. The molecule has 2 N–H and O–H groups in total. The zero-order chi connectivity index (χ0) is 21.2. The molecule has 29 heavy (non-hydrogen) atoms. The maximum absolute atomic E-state index is 12.4. The van der Waals surface area contributed by atoms with Crippen molar-refractivity contribution in [1.82, 2.24) is 9.29 Å². The number of sulfone groups is 1. The molecule has 8 nitrogen and oxygen atoms in total. The van der Waals surface area contributed by atoms with Crippen LogP contribution in [-0.2, 0) is 34.7 Å². The number of aromatic nitrogens is 1. The second-order valence-electron chi connectivity index (χ2n) is 7.06. The van der Waals surface area contributed by atoms with Gasteiger partial charge in [-0.1, -0.05) is 6.92 Å². The van der Waals surface area contributed by atoms with Crippen LogP contribution in [0.2, 0.25) is 0 Å². The number of ether oxygens (including phenoxy) is 1. The number of nitrogens with zero attached hydrogens (tertiary/aromatic N) is 1. The summed E-state index contributed by atoms with van der Waals surface area (Å²) in [6, 6.07) is 6.32. The first kappa shape index (κ1) is 21.7. The molecule has 0 aliphatic heterocycles. The van der Waals surface area contributed by atoms with Gasteiger partial charge in [-0.3, -0.25) is 9.35 Å². The van der Waals surface area contributed by atoms with Crippen molar-refractivity contribution in [1.29, 1.82) is 0 Å². The van der Waals surface area contributed by atoms with Gasteiger partial charge in [-0.25, -0.2) is 17.3 Å². The van der Waals surface area contributed by atoms with E-state index in [0.717, 1.165) is 12.8 Å². The molecule has 1 fully saturated rings. The fraction of sp³-hybridized carbons (Fsp3) is 0.421. The average molecular weight is 441 g/mol. The van der Waals surface area contributed by atoms with Crippen LogP contribution >= 0.6 is 0 Å². The standard InChI is InChI=1S/C19H24N2O6S2/c1-3-29(25,26)16-6-7-18(27-12-13-4-5-13)17(9-16)15-8-14(10-20-28(23)24)19(22)21(2)11-15/h6-9,11,13,20H,3-5,10,12H2,1-2H3,(H,23,24). The first-order valence-corrected chi connectivity index (χ1v) is 12.0. The van der Waals surface area contributed by atoms with Gasteiger partial charge in [0.25, 0.3) is 5.56 Å². The van der Waals surface area contributed by atoms with Crippen molar-refractivity contribution in [2.45, 2.75) is 31.2 Å². The zero-order valence-electron chi connectivity index (χ0n) is 16.3. The van der Waals surface area contributed by atoms with Gasteiger partial charge < -0.3 is 9.30 Å². The molecule has 158 valence electrons. The largest absolute Gasteiger partial charge is 0.493 e. The summed E-state index contributed by atoms with van der Waals surface area (Å²) in [6.07, 6.45) is 3.83. The summed E-state index contributed by atoms with van der Waals surface area (Å²) >= 11 is -2.26. The molecular weight excluding hydrogens is 416 g/mol. The van der Waals surface area contributed by atoms with Crippen LogP contribution in [0.25, 0.3) is 11.1 Å². The highest BCUT2D eigenvalue weighted by Crippen LogP contribution is 2.35. The molecule has 1 aromatic heterocycles. The van der Waals surface area contributed by atoms with E-state index in [-0.39, 0.29) is 28.3 Å². The van der Waals surface area contributed by atoms with Crippen molar-refractivity contribution >= 4 is 21.1 Å². The lowest BCUT2D eigenvalue weighted by Crippen LogP contribution is -2.26. The van der Waals surface area contributed by atoms with Crippen molar-refractivity contribution < 1.29 is 21.9 Å². The molecule has 3 rings (SSSR count). The Kier molecular flexibility index (Phi) is 6.57. The predicted molar refractivity (Wildman–Crippen MR) is 111 cm³/mol. The van der Waals surface area contributed by atoms with Crippen molar-refractivity contribution in [3.05, 3.63) is 46.4 Å². The summed E-state index contributed by atoms with van der Waals surface area (Å²) in [7, 11) is -1.85. The first-order valence-electron chi connectivity index (χ1n) is 9.25. The summed E-state index contributed by atoms with van der Waals surface area (Å²) in [4.78, 5) is 12.5. The van der Waals surface area contributed by atoms with Gasteiger partial charge in [-0.2, -0.15) is 0 Å². The first-order chi connectivity index (χ1) is 13.7. The lowest BCUT2D eigenvalue weighted by atomic mass is 10.0. The van der Waals surface area contributed by atoms with E-state index in [2.05, 4.69) is 4.72 Å². The Balaban J connectivity index is 2.09. The molecule has 0 saturated heterocycles. The molecule has 1 aliphatic carbocycles. The molecule has 0 radical (unpaired) electrons. The van der Waals surface area contributed by atoms with E-state index in [4.69, 9.17) is 9.29 Å². The summed E-state index contributed by atoms with van der Waals surface area (Å²) in [5, 5.41) is 0. The number of hydrogen-bond acceptors (Lipinski definition) is 5. The highest BCUT2D eigenvalue weighted by atomic mass is 32.2. The summed E-state index contributed by atoms with van der Waals surface area (Å²) < 4.78 is 54.2. The highest BCUT2D eigenvalue weighted by molar-refractivity contribution is 7.91. The molecule has 1 saturated carbocycles. The maximum Gasteiger partial charge on any atom is 0.254 e. The number of hydrogen-bond donors (Lipinski definition) is 2. The Morgan fingerprint density at radius 2 is 2.03 bits per heavy atom. The highest BCUT2D eigenvalue weighted by Gasteiger charge is 2.23. The molecule has 1 unspecified atom stereocenters. The normalized spacial score (nSPS) is 15.3. The quantitative estimate of drug-likeness (QED) is 0.575. The zero-order valence-corrected chi connectivity index (χ0v) is 17.9. The molecule has 1 heterocycles. The second-order valence-corrected chi connectivity index (χ2v) is 10.1. The minimum absolute atomic E-state index is 0.0283. The Labute approximate surface area is 172 Å². The minimum Gasteiger partial charge on any atom is -0.493 e. The molecule has 2 aromatic rings. The van der Waals surface area contributed by atoms with Gasteiger partial charge in [0.15, 0.2) is 9.84 Å². The van der Waals surface area contributed by atoms with Gasteiger partial charge in [0.2, 0.25) is 11.3 Å². The van der Waals surface area contributed by atoms with E-state index in [1.165, 1.54) is 10.6 Å². The summed E-state index contributed by atoms with van der Waals surface area (Å²) in [5.74, 6) is 1.02. The number of rotatable bonds is 9. The van der Waals surface area contributed by atoms with Crippen molar-refractivity contribution in [3.8, 4) is 16.9 Å². The van der Waals surface area contributed by atoms with Crippen LogP contribution < -0.4 is 15.0 Å². The number of benzene rings is 1. The van der Waals surface area contributed by atoms with E-state index >= 15 is 0 Å². The third-order valence-corrected chi connectivity index (χ3v) is 6.94. The van der Waals surface area contributed by atoms with E-state index in [9.17, 15) is 17.4 Å². The van der Waals surface area contributed by atoms with Crippen LogP contribution in [0.15, 0.2) is 40.2 Å². The van der Waals surface area contributed by atoms with Crippen LogP contribution in [0.4, 0.5) is 0 Å². The van der Waals surface area contributed by atoms with Gasteiger partial charge >= 0.3 is 0 Å². The predicted octanol–water partition coefficient (Wildman–Crippen LogP) is 1.86. The smallest absolute Gasteiger partial charge is 0.254 e. The van der Waals surface area contributed by atoms with Gasteiger partial charge in [-0.15, -0.1) is 0 Å². The molecule has 10 heteroatoms. The second kappa shape index (κ2) is 8.78. The van der Waals surface area contributed by atoms with Gasteiger partial charge in [0.1, 0.15) is 5.75 Å². The molecule has 1 atom stereocenters. The van der Waals surface area contributed by atoms with Gasteiger partial charge in [0, 0.05) is 36.5 Å². The third kappa shape index (κ3) is 5.33. The maximum atomic E-state index is 12.4. The Bertz CT molecular complexity index is 1090. The number of pyridine rings is 1. The molecule has 0 bridgehead atoms. The van der Waals surface area contributed by atoms with E-state index in [1.807, 2.05) is 0 Å². The Morgan fingerprint density at radius 1 is 1.31 bits per heavy atom. The third-order valence-electron chi connectivity index (χ3n) is 4.82. The molecule has 0 amide bonds. The Hall–Kier alpha value is -2.01. The summed E-state index contributed by atoms with van der Waals surface area (Å²) in [5.41, 5.74) is 1.11. The molecule has 0 spiro atoms. The fourth-order valence-electron chi connectivity index (χ4n) is 2.91. The van der Waals surface area contributed by atoms with Gasteiger partial charge in [-0.05, 0) is 43.0 Å². The fourth-order valence-corrected chi connectivity index (χ4v) is 4.09. The van der Waals surface area contributed by atoms with E-state index < -0.39 is 21.1 Å². The summed E-state index contributed by atoms with van der Waals surface area (Å²) in [6.45, 7) is 2.03.